The number of nitrogens with zero attached hydrogens (tertiary/aromatic N) is 6. The van der Waals surface area contributed by atoms with Gasteiger partial charge in [-0.25, -0.2) is 15.0 Å². The lowest BCUT2D eigenvalue weighted by Gasteiger charge is -2.31. The van der Waals surface area contributed by atoms with Crippen LogP contribution in [0, 0.1) is 5.92 Å². The molecule has 1 aliphatic heterocycles. The molecule has 0 bridgehead atoms. The third-order valence-corrected chi connectivity index (χ3v) is 5.96. The van der Waals surface area contributed by atoms with E-state index < -0.39 is 11.9 Å². The van der Waals surface area contributed by atoms with Crippen LogP contribution in [0.15, 0.2) is 67.1 Å². The molecule has 0 saturated carbocycles. The van der Waals surface area contributed by atoms with Gasteiger partial charge in [0.25, 0.3) is 0 Å². The van der Waals surface area contributed by atoms with Gasteiger partial charge in [-0.3, -0.25) is 9.78 Å². The molecule has 0 amide bonds. The largest absolute Gasteiger partial charge is 0.490 e. The Hall–Kier alpha value is -4.80. The molecule has 38 heavy (non-hydrogen) atoms. The van der Waals surface area contributed by atoms with Gasteiger partial charge >= 0.3 is 5.97 Å². The number of ether oxygens (including phenoxy) is 2. The van der Waals surface area contributed by atoms with Crippen LogP contribution in [-0.2, 0) is 4.79 Å². The summed E-state index contributed by atoms with van der Waals surface area (Å²) in [6.07, 6.45) is 6.28. The highest BCUT2D eigenvalue weighted by atomic mass is 16.5. The lowest BCUT2D eigenvalue weighted by Crippen LogP contribution is -2.39. The topological polar surface area (TPSA) is 135 Å². The predicted octanol–water partition coefficient (Wildman–Crippen LogP) is 4.56. The fraction of sp³-hybridized carbons (Fsp3) is 0.259. The quantitative estimate of drug-likeness (QED) is 0.326. The molecule has 0 aliphatic carbocycles. The van der Waals surface area contributed by atoms with E-state index in [-0.39, 0.29) is 0 Å². The van der Waals surface area contributed by atoms with Gasteiger partial charge < -0.3 is 24.8 Å². The van der Waals surface area contributed by atoms with E-state index in [0.717, 1.165) is 13.0 Å². The summed E-state index contributed by atoms with van der Waals surface area (Å²) in [6, 6.07) is 14.6. The number of para-hydroxylation sites is 2. The zero-order chi connectivity index (χ0) is 26.3. The van der Waals surface area contributed by atoms with Gasteiger partial charge in [0.05, 0.1) is 30.6 Å². The molecular weight excluding hydrogens is 486 g/mol. The number of hydrogen-bond acceptors (Lipinski definition) is 10. The molecule has 4 aromatic rings. The zero-order valence-corrected chi connectivity index (χ0v) is 20.8. The average molecular weight is 514 g/mol. The van der Waals surface area contributed by atoms with Crippen LogP contribution in [0.2, 0.25) is 0 Å². The maximum absolute atomic E-state index is 11.4. The monoisotopic (exact) mass is 513 g/mol. The molecule has 11 heteroatoms. The SMILES string of the molecule is CCOc1ccccc1Oc1cccc(-c2cncc(Nc3nccc(N4CCCC(C(=O)O)C4)n3)n2)n1. The van der Waals surface area contributed by atoms with Crippen LogP contribution in [0.4, 0.5) is 17.6 Å². The van der Waals surface area contributed by atoms with Crippen molar-refractivity contribution in [3.8, 4) is 28.8 Å². The summed E-state index contributed by atoms with van der Waals surface area (Å²) >= 11 is 0. The van der Waals surface area contributed by atoms with Gasteiger partial charge in [0.2, 0.25) is 11.8 Å². The summed E-state index contributed by atoms with van der Waals surface area (Å²) in [6.45, 7) is 3.60. The summed E-state index contributed by atoms with van der Waals surface area (Å²) in [5.41, 5.74) is 1.12. The van der Waals surface area contributed by atoms with E-state index in [0.29, 0.717) is 65.9 Å². The Kier molecular flexibility index (Phi) is 7.53. The van der Waals surface area contributed by atoms with E-state index >= 15 is 0 Å². The summed E-state index contributed by atoms with van der Waals surface area (Å²) in [4.78, 5) is 35.8. The van der Waals surface area contributed by atoms with E-state index in [4.69, 9.17) is 9.47 Å². The zero-order valence-electron chi connectivity index (χ0n) is 20.8. The van der Waals surface area contributed by atoms with E-state index in [1.54, 1.807) is 30.7 Å². The summed E-state index contributed by atoms with van der Waals surface area (Å²) in [5.74, 6) is 1.86. The molecular formula is C27H27N7O4. The number of nitrogens with one attached hydrogen (secondary N) is 1. The Morgan fingerprint density at radius 2 is 1.92 bits per heavy atom. The van der Waals surface area contributed by atoms with Gasteiger partial charge in [0.15, 0.2) is 17.3 Å². The van der Waals surface area contributed by atoms with Crippen molar-refractivity contribution in [3.63, 3.8) is 0 Å². The second-order valence-electron chi connectivity index (χ2n) is 8.62. The van der Waals surface area contributed by atoms with Crippen molar-refractivity contribution in [2.45, 2.75) is 19.8 Å². The number of carbonyl (C=O) groups is 1. The fourth-order valence-electron chi connectivity index (χ4n) is 4.17. The van der Waals surface area contributed by atoms with Gasteiger partial charge in [-0.15, -0.1) is 0 Å². The first-order chi connectivity index (χ1) is 18.6. The van der Waals surface area contributed by atoms with E-state index in [1.807, 2.05) is 48.2 Å². The molecule has 0 spiro atoms. The first kappa shape index (κ1) is 24.9. The number of piperidine rings is 1. The number of hydrogen-bond donors (Lipinski definition) is 2. The number of aliphatic carboxylic acids is 1. The Morgan fingerprint density at radius 3 is 2.76 bits per heavy atom. The van der Waals surface area contributed by atoms with Gasteiger partial charge in [-0.1, -0.05) is 18.2 Å². The van der Waals surface area contributed by atoms with Crippen LogP contribution < -0.4 is 19.7 Å². The smallest absolute Gasteiger partial charge is 0.308 e. The van der Waals surface area contributed by atoms with E-state index in [2.05, 4.69) is 30.2 Å². The van der Waals surface area contributed by atoms with Crippen molar-refractivity contribution in [2.24, 2.45) is 5.92 Å². The predicted molar refractivity (Wildman–Crippen MR) is 141 cm³/mol. The van der Waals surface area contributed by atoms with Gasteiger partial charge in [-0.2, -0.15) is 4.98 Å². The van der Waals surface area contributed by atoms with Gasteiger partial charge in [0, 0.05) is 25.4 Å². The highest BCUT2D eigenvalue weighted by molar-refractivity contribution is 5.71. The van der Waals surface area contributed by atoms with Crippen molar-refractivity contribution in [3.05, 3.63) is 67.1 Å². The molecule has 194 valence electrons. The highest BCUT2D eigenvalue weighted by Crippen LogP contribution is 2.31. The summed E-state index contributed by atoms with van der Waals surface area (Å²) in [7, 11) is 0. The standard InChI is InChI=1S/C27H27N7O4/c1-2-37-21-9-3-4-10-22(21)38-25-11-5-8-19(31-25)20-15-28-16-23(30-20)32-27-29-13-12-24(33-27)34-14-6-7-18(17-34)26(35)36/h3-5,8-13,15-16,18H,2,6-7,14,17H2,1H3,(H,35,36)(H,29,30,32,33). The minimum Gasteiger partial charge on any atom is -0.490 e. The second kappa shape index (κ2) is 11.5. The molecule has 1 fully saturated rings. The third kappa shape index (κ3) is 5.94. The minimum absolute atomic E-state index is 0.337. The van der Waals surface area contributed by atoms with Crippen molar-refractivity contribution in [1.29, 1.82) is 0 Å². The average Bonchev–Trinajstić information content (AvgIpc) is 2.95. The third-order valence-electron chi connectivity index (χ3n) is 5.96. The Bertz CT molecular complexity index is 1420. The number of rotatable bonds is 9. The summed E-state index contributed by atoms with van der Waals surface area (Å²) < 4.78 is 11.6. The van der Waals surface area contributed by atoms with Crippen molar-refractivity contribution in [1.82, 2.24) is 24.9 Å². The van der Waals surface area contributed by atoms with Crippen molar-refractivity contribution in [2.75, 3.05) is 29.9 Å². The van der Waals surface area contributed by atoms with Crippen LogP contribution in [-0.4, -0.2) is 55.7 Å². The maximum atomic E-state index is 11.4. The number of pyridine rings is 1. The number of anilines is 3. The van der Waals surface area contributed by atoms with Crippen LogP contribution in [0.1, 0.15) is 19.8 Å². The molecule has 1 aromatic carbocycles. The lowest BCUT2D eigenvalue weighted by atomic mass is 9.98. The normalized spacial score (nSPS) is 15.1. The molecule has 4 heterocycles. The summed E-state index contributed by atoms with van der Waals surface area (Å²) in [5, 5.41) is 12.5. The van der Waals surface area contributed by atoms with Crippen LogP contribution in [0.5, 0.6) is 17.4 Å². The molecule has 0 radical (unpaired) electrons. The number of benzene rings is 1. The Balaban J connectivity index is 1.32. The Labute approximate surface area is 219 Å². The molecule has 1 unspecified atom stereocenters. The molecule has 3 aromatic heterocycles. The van der Waals surface area contributed by atoms with E-state index in [9.17, 15) is 9.90 Å². The molecule has 1 aliphatic rings. The first-order valence-electron chi connectivity index (χ1n) is 12.4. The molecule has 11 nitrogen and oxygen atoms in total. The van der Waals surface area contributed by atoms with Crippen LogP contribution in [0.3, 0.4) is 0 Å². The fourth-order valence-corrected chi connectivity index (χ4v) is 4.17. The first-order valence-corrected chi connectivity index (χ1v) is 12.4. The maximum Gasteiger partial charge on any atom is 0.308 e. The van der Waals surface area contributed by atoms with Gasteiger partial charge in [0.1, 0.15) is 11.5 Å². The van der Waals surface area contributed by atoms with Crippen molar-refractivity contribution >= 4 is 23.6 Å². The molecule has 5 rings (SSSR count). The second-order valence-corrected chi connectivity index (χ2v) is 8.62. The number of carboxylic acid groups (broad SMARTS) is 1. The highest BCUT2D eigenvalue weighted by Gasteiger charge is 2.26. The molecule has 1 atom stereocenters. The van der Waals surface area contributed by atoms with Crippen molar-refractivity contribution < 1.29 is 19.4 Å². The van der Waals surface area contributed by atoms with Crippen LogP contribution >= 0.6 is 0 Å². The number of aromatic nitrogens is 5. The molecule has 1 saturated heterocycles. The Morgan fingerprint density at radius 1 is 1.05 bits per heavy atom. The molecule has 2 N–H and O–H groups in total. The number of carboxylic acids is 1. The van der Waals surface area contributed by atoms with Gasteiger partial charge in [-0.05, 0) is 44.0 Å². The minimum atomic E-state index is -0.782. The van der Waals surface area contributed by atoms with Crippen LogP contribution in [0.25, 0.3) is 11.4 Å². The van der Waals surface area contributed by atoms with E-state index in [1.165, 1.54) is 0 Å². The lowest BCUT2D eigenvalue weighted by molar-refractivity contribution is -0.141.